The molecule has 1 aliphatic rings. The molecule has 0 saturated carbocycles. The quantitative estimate of drug-likeness (QED) is 0.512. The Morgan fingerprint density at radius 1 is 1.69 bits per heavy atom. The Labute approximate surface area is 75.9 Å². The van der Waals surface area contributed by atoms with Crippen LogP contribution in [0.2, 0.25) is 0 Å². The van der Waals surface area contributed by atoms with Crippen molar-refractivity contribution >= 4 is 12.0 Å². The fourth-order valence-corrected chi connectivity index (χ4v) is 1.20. The molecule has 0 spiro atoms. The van der Waals surface area contributed by atoms with Gasteiger partial charge in [0.25, 0.3) is 0 Å². The number of amides is 2. The molecule has 0 aromatic carbocycles. The zero-order valence-electron chi connectivity index (χ0n) is 7.25. The molecule has 1 rings (SSSR count). The van der Waals surface area contributed by atoms with Crippen LogP contribution >= 0.6 is 0 Å². The number of nitrogens with zero attached hydrogens (tertiary/aromatic N) is 1. The van der Waals surface area contributed by atoms with E-state index in [4.69, 9.17) is 5.11 Å². The molecule has 1 saturated heterocycles. The first-order valence-corrected chi connectivity index (χ1v) is 4.14. The number of rotatable bonds is 3. The molecular weight excluding hydrogens is 174 g/mol. The van der Waals surface area contributed by atoms with Crippen LogP contribution in [0, 0.1) is 0 Å². The van der Waals surface area contributed by atoms with Crippen molar-refractivity contribution in [1.29, 1.82) is 0 Å². The third kappa shape index (κ3) is 3.75. The minimum absolute atomic E-state index is 0.00146. The molecule has 0 aliphatic carbocycles. The zero-order valence-corrected chi connectivity index (χ0v) is 7.25. The topological polar surface area (TPSA) is 81.7 Å². The van der Waals surface area contributed by atoms with Gasteiger partial charge in [-0.3, -0.25) is 9.69 Å². The Morgan fingerprint density at radius 3 is 3.08 bits per heavy atom. The van der Waals surface area contributed by atoms with Gasteiger partial charge in [-0.25, -0.2) is 4.79 Å². The van der Waals surface area contributed by atoms with Crippen LogP contribution in [-0.4, -0.2) is 54.7 Å². The summed E-state index contributed by atoms with van der Waals surface area (Å²) in [4.78, 5) is 22.9. The van der Waals surface area contributed by atoms with Crippen molar-refractivity contribution in [2.45, 2.75) is 0 Å². The van der Waals surface area contributed by atoms with Gasteiger partial charge in [-0.1, -0.05) is 0 Å². The smallest absolute Gasteiger partial charge is 0.404 e. The number of carboxylic acid groups (broad SMARTS) is 1. The maximum atomic E-state index is 10.9. The van der Waals surface area contributed by atoms with Crippen LogP contribution in [-0.2, 0) is 4.79 Å². The van der Waals surface area contributed by atoms with Crippen molar-refractivity contribution in [1.82, 2.24) is 15.5 Å². The van der Waals surface area contributed by atoms with Crippen LogP contribution in [0.5, 0.6) is 0 Å². The van der Waals surface area contributed by atoms with Crippen LogP contribution in [0.15, 0.2) is 0 Å². The van der Waals surface area contributed by atoms with Crippen molar-refractivity contribution in [3.05, 3.63) is 0 Å². The third-order valence-corrected chi connectivity index (χ3v) is 1.82. The van der Waals surface area contributed by atoms with E-state index >= 15 is 0 Å². The van der Waals surface area contributed by atoms with Gasteiger partial charge in [0.15, 0.2) is 0 Å². The monoisotopic (exact) mass is 187 g/mol. The largest absolute Gasteiger partial charge is 0.465 e. The molecule has 0 atom stereocenters. The van der Waals surface area contributed by atoms with Crippen molar-refractivity contribution in [2.75, 3.05) is 32.7 Å². The lowest BCUT2D eigenvalue weighted by Crippen LogP contribution is -2.49. The van der Waals surface area contributed by atoms with Gasteiger partial charge in [-0.2, -0.15) is 0 Å². The highest BCUT2D eigenvalue weighted by Gasteiger charge is 2.14. The van der Waals surface area contributed by atoms with Crippen molar-refractivity contribution < 1.29 is 14.7 Å². The number of carbonyl (C=O) groups is 2. The van der Waals surface area contributed by atoms with E-state index < -0.39 is 6.09 Å². The van der Waals surface area contributed by atoms with Crippen molar-refractivity contribution in [2.24, 2.45) is 0 Å². The molecule has 0 radical (unpaired) electrons. The van der Waals surface area contributed by atoms with E-state index in [1.54, 1.807) is 0 Å². The van der Waals surface area contributed by atoms with E-state index in [9.17, 15) is 9.59 Å². The predicted octanol–water partition coefficient (Wildman–Crippen LogP) is -1.31. The van der Waals surface area contributed by atoms with Gasteiger partial charge < -0.3 is 15.7 Å². The second kappa shape index (κ2) is 4.66. The molecule has 3 N–H and O–H groups in total. The Hall–Kier alpha value is -1.30. The molecule has 1 fully saturated rings. The van der Waals surface area contributed by atoms with Gasteiger partial charge in [-0.05, 0) is 0 Å². The molecule has 2 amide bonds. The molecule has 0 aromatic rings. The summed E-state index contributed by atoms with van der Waals surface area (Å²) in [7, 11) is 0. The van der Waals surface area contributed by atoms with Crippen LogP contribution in [0.3, 0.4) is 0 Å². The summed E-state index contributed by atoms with van der Waals surface area (Å²) in [5, 5.41) is 13.2. The molecule has 74 valence electrons. The van der Waals surface area contributed by atoms with Gasteiger partial charge in [0, 0.05) is 26.2 Å². The number of piperazine rings is 1. The van der Waals surface area contributed by atoms with Crippen LogP contribution in [0.1, 0.15) is 0 Å². The summed E-state index contributed by atoms with van der Waals surface area (Å²) in [5.74, 6) is 0.00146. The second-order valence-electron chi connectivity index (χ2n) is 2.86. The molecule has 6 nitrogen and oxygen atoms in total. The Kier molecular flexibility index (Phi) is 3.51. The van der Waals surface area contributed by atoms with Crippen LogP contribution in [0.25, 0.3) is 0 Å². The van der Waals surface area contributed by atoms with E-state index in [1.165, 1.54) is 0 Å². The molecular formula is C7H13N3O3. The van der Waals surface area contributed by atoms with Crippen molar-refractivity contribution in [3.63, 3.8) is 0 Å². The summed E-state index contributed by atoms with van der Waals surface area (Å²) in [5.41, 5.74) is 0. The summed E-state index contributed by atoms with van der Waals surface area (Å²) in [6, 6.07) is 0. The Morgan fingerprint density at radius 2 is 2.46 bits per heavy atom. The molecule has 0 aromatic heterocycles. The molecule has 13 heavy (non-hydrogen) atoms. The fourth-order valence-electron chi connectivity index (χ4n) is 1.20. The SMILES string of the molecule is O=C(O)NCCN1CCNC(=O)C1. The van der Waals surface area contributed by atoms with E-state index in [1.807, 2.05) is 4.90 Å². The highest BCUT2D eigenvalue weighted by Crippen LogP contribution is 1.91. The van der Waals surface area contributed by atoms with Gasteiger partial charge in [0.05, 0.1) is 6.54 Å². The summed E-state index contributed by atoms with van der Waals surface area (Å²) >= 11 is 0. The first-order valence-electron chi connectivity index (χ1n) is 4.14. The Bertz CT molecular complexity index is 207. The highest BCUT2D eigenvalue weighted by atomic mass is 16.4. The predicted molar refractivity (Wildman–Crippen MR) is 45.5 cm³/mol. The lowest BCUT2D eigenvalue weighted by Gasteiger charge is -2.25. The average molecular weight is 187 g/mol. The van der Waals surface area contributed by atoms with E-state index in [2.05, 4.69) is 10.6 Å². The lowest BCUT2D eigenvalue weighted by atomic mass is 10.3. The van der Waals surface area contributed by atoms with E-state index in [0.29, 0.717) is 26.2 Å². The molecule has 0 unspecified atom stereocenters. The maximum Gasteiger partial charge on any atom is 0.404 e. The summed E-state index contributed by atoms with van der Waals surface area (Å²) in [6.45, 7) is 2.74. The number of hydrogen-bond donors (Lipinski definition) is 3. The van der Waals surface area contributed by atoms with Gasteiger partial charge in [0.2, 0.25) is 5.91 Å². The number of carbonyl (C=O) groups excluding carboxylic acids is 1. The minimum atomic E-state index is -1.03. The van der Waals surface area contributed by atoms with Gasteiger partial charge in [0.1, 0.15) is 0 Å². The van der Waals surface area contributed by atoms with Crippen LogP contribution in [0.4, 0.5) is 4.79 Å². The number of hydrogen-bond acceptors (Lipinski definition) is 3. The average Bonchev–Trinajstić information content (AvgIpc) is 2.03. The minimum Gasteiger partial charge on any atom is -0.465 e. The van der Waals surface area contributed by atoms with Crippen LogP contribution < -0.4 is 10.6 Å². The first kappa shape index (κ1) is 9.79. The van der Waals surface area contributed by atoms with Gasteiger partial charge in [-0.15, -0.1) is 0 Å². The molecule has 1 aliphatic heterocycles. The Balaban J connectivity index is 2.13. The molecule has 6 heteroatoms. The molecule has 1 heterocycles. The second-order valence-corrected chi connectivity index (χ2v) is 2.86. The van der Waals surface area contributed by atoms with Crippen molar-refractivity contribution in [3.8, 4) is 0 Å². The highest BCUT2D eigenvalue weighted by molar-refractivity contribution is 5.78. The molecule has 0 bridgehead atoms. The normalized spacial score (nSPS) is 18.0. The zero-order chi connectivity index (χ0) is 9.68. The number of nitrogens with one attached hydrogen (secondary N) is 2. The first-order chi connectivity index (χ1) is 6.18. The maximum absolute atomic E-state index is 10.9. The fraction of sp³-hybridized carbons (Fsp3) is 0.714. The van der Waals surface area contributed by atoms with E-state index in [0.717, 1.165) is 6.54 Å². The van der Waals surface area contributed by atoms with Gasteiger partial charge >= 0.3 is 6.09 Å². The van der Waals surface area contributed by atoms with E-state index in [-0.39, 0.29) is 5.91 Å². The summed E-state index contributed by atoms with van der Waals surface area (Å²) < 4.78 is 0. The standard InChI is InChI=1S/C7H13N3O3/c11-6-5-10(3-1-8-6)4-2-9-7(12)13/h9H,1-5H2,(H,8,11)(H,12,13). The summed E-state index contributed by atoms with van der Waals surface area (Å²) in [6.07, 6.45) is -1.03. The lowest BCUT2D eigenvalue weighted by molar-refractivity contribution is -0.124. The third-order valence-electron chi connectivity index (χ3n) is 1.82.